The van der Waals surface area contributed by atoms with E-state index in [2.05, 4.69) is 10.6 Å². The number of fused-ring (bicyclic) bond motifs is 1. The minimum Gasteiger partial charge on any atom is -0.508 e. The van der Waals surface area contributed by atoms with Crippen LogP contribution in [0.1, 0.15) is 31.9 Å². The lowest BCUT2D eigenvalue weighted by atomic mass is 9.83. The first-order chi connectivity index (χ1) is 23.4. The number of aliphatic hydroxyl groups is 5. The van der Waals surface area contributed by atoms with Gasteiger partial charge in [0.05, 0.1) is 17.7 Å². The molecule has 49 heavy (non-hydrogen) atoms. The minimum atomic E-state index is -1.48. The molecule has 0 spiro atoms. The van der Waals surface area contributed by atoms with Gasteiger partial charge in [-0.15, -0.1) is 0 Å². The van der Waals surface area contributed by atoms with Crippen LogP contribution in [-0.4, -0.2) is 118 Å². The maximum Gasteiger partial charge on any atom is 0.247 e. The lowest BCUT2D eigenvalue weighted by Crippen LogP contribution is -2.67. The molecule has 3 aliphatic rings. The van der Waals surface area contributed by atoms with Crippen molar-refractivity contribution in [3.05, 3.63) is 69.8 Å². The predicted octanol–water partition coefficient (Wildman–Crippen LogP) is 1.19. The fourth-order valence-corrected chi connectivity index (χ4v) is 6.21. The third-order valence-corrected chi connectivity index (χ3v) is 9.08. The maximum absolute atomic E-state index is 12.9. The number of ether oxygens (including phenoxy) is 5. The number of aromatic hydroxyl groups is 1. The van der Waals surface area contributed by atoms with E-state index in [4.69, 9.17) is 35.3 Å². The van der Waals surface area contributed by atoms with Gasteiger partial charge in [-0.05, 0) is 68.3 Å². The van der Waals surface area contributed by atoms with Crippen LogP contribution < -0.4 is 15.4 Å². The van der Waals surface area contributed by atoms with Crippen LogP contribution >= 0.6 is 11.6 Å². The van der Waals surface area contributed by atoms with Gasteiger partial charge < -0.3 is 65.0 Å². The monoisotopic (exact) mass is 706 g/mol. The number of carbonyl (C=O) groups excluding carboxylic acids is 1. The summed E-state index contributed by atoms with van der Waals surface area (Å²) in [6, 6.07) is 8.79. The summed E-state index contributed by atoms with van der Waals surface area (Å²) in [6.07, 6.45) is -7.40. The van der Waals surface area contributed by atoms with Gasteiger partial charge in [-0.25, -0.2) is 0 Å². The molecular weight excluding hydrogens is 664 g/mol. The van der Waals surface area contributed by atoms with Gasteiger partial charge in [0.15, 0.2) is 6.29 Å². The summed E-state index contributed by atoms with van der Waals surface area (Å²) in [4.78, 5) is 12.9. The van der Waals surface area contributed by atoms with Crippen molar-refractivity contribution < 1.29 is 59.1 Å². The Labute approximate surface area is 288 Å². The van der Waals surface area contributed by atoms with Crippen molar-refractivity contribution in [2.45, 2.75) is 88.5 Å². The van der Waals surface area contributed by atoms with Crippen LogP contribution in [0.2, 0.25) is 5.02 Å². The number of rotatable bonds is 12. The van der Waals surface area contributed by atoms with Gasteiger partial charge in [0.25, 0.3) is 0 Å². The summed E-state index contributed by atoms with van der Waals surface area (Å²) in [5, 5.41) is 69.5. The quantitative estimate of drug-likeness (QED) is 0.115. The normalized spacial score (nSPS) is 31.8. The second kappa shape index (κ2) is 16.2. The third-order valence-electron chi connectivity index (χ3n) is 8.78. The average Bonchev–Trinajstić information content (AvgIpc) is 3.68. The first-order valence-corrected chi connectivity index (χ1v) is 16.3. The average molecular weight is 707 g/mol. The molecule has 1 aliphatic carbocycles. The van der Waals surface area contributed by atoms with E-state index in [-0.39, 0.29) is 31.3 Å². The van der Waals surface area contributed by atoms with Gasteiger partial charge in [0.1, 0.15) is 73.7 Å². The molecule has 14 nitrogen and oxygen atoms in total. The summed E-state index contributed by atoms with van der Waals surface area (Å²) in [6.45, 7) is 5.84. The fourth-order valence-electron chi connectivity index (χ4n) is 5.97. The first kappa shape index (κ1) is 37.0. The van der Waals surface area contributed by atoms with E-state index >= 15 is 0 Å². The summed E-state index contributed by atoms with van der Waals surface area (Å²) < 4.78 is 27.8. The topological polar surface area (TPSA) is 209 Å². The molecule has 3 fully saturated rings. The number of amides is 1. The van der Waals surface area contributed by atoms with E-state index in [0.29, 0.717) is 27.5 Å². The molecule has 2 aliphatic heterocycles. The number of nitrogens with one attached hydrogen (secondary N) is 2. The summed E-state index contributed by atoms with van der Waals surface area (Å²) in [7, 11) is 0. The zero-order chi connectivity index (χ0) is 35.4. The number of aliphatic hydroxyl groups excluding tert-OH is 5. The van der Waals surface area contributed by atoms with Crippen LogP contribution in [-0.2, 0) is 30.3 Å². The number of phenolic OH excluding ortho intramolecular Hbond substituents is 1. The highest BCUT2D eigenvalue weighted by Gasteiger charge is 2.53. The summed E-state index contributed by atoms with van der Waals surface area (Å²) in [5.41, 5.74) is 2.52. The first-order valence-electron chi connectivity index (χ1n) is 15.9. The van der Waals surface area contributed by atoms with E-state index < -0.39 is 67.1 Å². The number of hydrogen-bond acceptors (Lipinski definition) is 13. The van der Waals surface area contributed by atoms with Crippen LogP contribution in [0.3, 0.4) is 0 Å². The van der Waals surface area contributed by atoms with Crippen molar-refractivity contribution in [2.75, 3.05) is 25.3 Å². The van der Waals surface area contributed by atoms with E-state index in [9.17, 15) is 35.4 Å². The Kier molecular flexibility index (Phi) is 12.2. The zero-order valence-corrected chi connectivity index (χ0v) is 28.0. The molecule has 268 valence electrons. The molecule has 0 aromatic heterocycles. The second-order valence-electron chi connectivity index (χ2n) is 12.2. The molecule has 8 N–H and O–H groups in total. The van der Waals surface area contributed by atoms with E-state index in [1.54, 1.807) is 37.3 Å². The largest absolute Gasteiger partial charge is 0.508 e. The minimum absolute atomic E-state index is 0.145. The Hall–Kier alpha value is -3.28. The Balaban J connectivity index is 1.13. The molecular formula is C34H43ClN2O12. The highest BCUT2D eigenvalue weighted by Crippen LogP contribution is 2.32. The molecule has 2 aromatic carbocycles. The smallest absolute Gasteiger partial charge is 0.247 e. The number of carbonyl (C=O) groups is 1. The van der Waals surface area contributed by atoms with Crippen LogP contribution in [0.15, 0.2) is 53.6 Å². The van der Waals surface area contributed by atoms with E-state index in [1.807, 2.05) is 13.0 Å². The third kappa shape index (κ3) is 8.37. The number of anilines is 1. The Bertz CT molecular complexity index is 1540. The highest BCUT2D eigenvalue weighted by molar-refractivity contribution is 6.32. The fraction of sp³-hybridized carbons (Fsp3) is 0.500. The molecule has 1 saturated carbocycles. The number of phenols is 1. The van der Waals surface area contributed by atoms with Crippen molar-refractivity contribution in [3.63, 3.8) is 0 Å². The molecule has 0 bridgehead atoms. The second-order valence-corrected chi connectivity index (χ2v) is 12.6. The molecule has 2 aromatic rings. The summed E-state index contributed by atoms with van der Waals surface area (Å²) in [5.74, 6) is -0.268. The number of hydrogen-bond donors (Lipinski definition) is 8. The van der Waals surface area contributed by atoms with Gasteiger partial charge in [-0.1, -0.05) is 23.7 Å². The van der Waals surface area contributed by atoms with Crippen LogP contribution in [0, 0.1) is 0 Å². The van der Waals surface area contributed by atoms with E-state index in [1.165, 1.54) is 19.1 Å². The van der Waals surface area contributed by atoms with Crippen LogP contribution in [0.4, 0.5) is 5.69 Å². The number of benzene rings is 2. The molecule has 1 amide bonds. The van der Waals surface area contributed by atoms with Crippen molar-refractivity contribution in [3.8, 4) is 11.5 Å². The van der Waals surface area contributed by atoms with Crippen molar-refractivity contribution in [1.29, 1.82) is 0 Å². The highest BCUT2D eigenvalue weighted by atomic mass is 35.5. The summed E-state index contributed by atoms with van der Waals surface area (Å²) >= 11 is 6.30. The maximum atomic E-state index is 12.9. The molecule has 5 rings (SSSR count). The lowest BCUT2D eigenvalue weighted by molar-refractivity contribution is -0.168. The molecule has 0 radical (unpaired) electrons. The Morgan fingerprint density at radius 1 is 0.980 bits per heavy atom. The van der Waals surface area contributed by atoms with Crippen molar-refractivity contribution in [1.82, 2.24) is 5.32 Å². The van der Waals surface area contributed by atoms with E-state index in [0.717, 1.165) is 12.2 Å². The molecule has 1 unspecified atom stereocenters. The Morgan fingerprint density at radius 2 is 1.71 bits per heavy atom. The van der Waals surface area contributed by atoms with Gasteiger partial charge in [0.2, 0.25) is 5.91 Å². The van der Waals surface area contributed by atoms with Crippen LogP contribution in [0.5, 0.6) is 11.5 Å². The van der Waals surface area contributed by atoms with Gasteiger partial charge >= 0.3 is 0 Å². The standard InChI is InChI=1S/C34H43ClN2O12/c1-4-36-20-7-8-23(21(35)13-20)45-10-9-16(2)30-28(42)29(43)34(49-30)46-14-19-6-5-18(12-22(19)38)11-17(3)33(44)37-24-25(39)27(41)32-31(26(24)40)47-15-48-32/h5-9,11-13,24-32,34,36,38-43H,4,10,14-15H2,1-3H3,(H,37,44)/b16-9+,17-11+/t24?,25-,26+,27+,28-,29-,30+,31-,32+,34+/m0/s1. The molecule has 15 heteroatoms. The van der Waals surface area contributed by atoms with Crippen LogP contribution in [0.25, 0.3) is 6.08 Å². The number of halogens is 1. The zero-order valence-electron chi connectivity index (χ0n) is 27.2. The SMILES string of the molecule is CCNc1ccc(OC/C=C(\C)[C@H]2O[C@@H](OCc3ccc(/C=C(\C)C(=O)NC4[C@@H](O)[C@@H]5OCO[C@@H]5[C@H](O)[C@H]4O)cc3O)[C@@H](O)[C@@H]2O)c(Cl)c1. The van der Waals surface area contributed by atoms with Crippen molar-refractivity contribution >= 4 is 29.3 Å². The lowest BCUT2D eigenvalue weighted by Gasteiger charge is -2.41. The Morgan fingerprint density at radius 3 is 2.41 bits per heavy atom. The van der Waals surface area contributed by atoms with Gasteiger partial charge in [0, 0.05) is 23.4 Å². The predicted molar refractivity (Wildman–Crippen MR) is 177 cm³/mol. The molecule has 10 atom stereocenters. The van der Waals surface area contributed by atoms with Crippen molar-refractivity contribution in [2.24, 2.45) is 0 Å². The van der Waals surface area contributed by atoms with Gasteiger partial charge in [-0.2, -0.15) is 0 Å². The van der Waals surface area contributed by atoms with Gasteiger partial charge in [-0.3, -0.25) is 4.79 Å². The molecule has 2 heterocycles. The molecule has 2 saturated heterocycles.